The van der Waals surface area contributed by atoms with Crippen LogP contribution in [0, 0.1) is 5.82 Å². The van der Waals surface area contributed by atoms with E-state index in [1.54, 1.807) is 29.7 Å². The minimum atomic E-state index is -0.218. The van der Waals surface area contributed by atoms with Crippen LogP contribution < -0.4 is 5.32 Å². The van der Waals surface area contributed by atoms with Crippen molar-refractivity contribution in [3.63, 3.8) is 0 Å². The Kier molecular flexibility index (Phi) is 3.79. The number of aryl methyl sites for hydroxylation is 1. The van der Waals surface area contributed by atoms with E-state index in [1.807, 2.05) is 18.2 Å². The number of hydrogen-bond acceptors (Lipinski definition) is 4. The van der Waals surface area contributed by atoms with Crippen molar-refractivity contribution in [2.45, 2.75) is 25.3 Å². The van der Waals surface area contributed by atoms with E-state index in [2.05, 4.69) is 10.3 Å². The molecule has 0 fully saturated rings. The Morgan fingerprint density at radius 1 is 1.13 bits per heavy atom. The van der Waals surface area contributed by atoms with Gasteiger partial charge in [-0.25, -0.2) is 14.4 Å². The molecule has 0 amide bonds. The van der Waals surface area contributed by atoms with Crippen LogP contribution in [0.15, 0.2) is 48.7 Å². The zero-order chi connectivity index (χ0) is 15.6. The zero-order valence-corrected chi connectivity index (χ0v) is 13.3. The van der Waals surface area contributed by atoms with Crippen LogP contribution in [0.25, 0.3) is 10.6 Å². The number of fused-ring (bicyclic) bond motifs is 1. The zero-order valence-electron chi connectivity index (χ0n) is 12.5. The maximum atomic E-state index is 13.1. The summed E-state index contributed by atoms with van der Waals surface area (Å²) < 4.78 is 13.1. The van der Waals surface area contributed by atoms with Crippen molar-refractivity contribution in [3.05, 3.63) is 65.0 Å². The normalized spacial score (nSPS) is 16.8. The summed E-state index contributed by atoms with van der Waals surface area (Å²) >= 11 is 1.71. The van der Waals surface area contributed by atoms with E-state index < -0.39 is 0 Å². The lowest BCUT2D eigenvalue weighted by molar-refractivity contribution is 0.592. The maximum Gasteiger partial charge on any atom is 0.126 e. The molecule has 2 heterocycles. The Bertz CT molecular complexity index is 799. The average molecular weight is 325 g/mol. The van der Waals surface area contributed by atoms with Gasteiger partial charge in [-0.1, -0.05) is 6.07 Å². The molecule has 1 N–H and O–H groups in total. The Morgan fingerprint density at radius 3 is 2.78 bits per heavy atom. The summed E-state index contributed by atoms with van der Waals surface area (Å²) in [6.45, 7) is 0. The van der Waals surface area contributed by atoms with E-state index in [1.165, 1.54) is 17.0 Å². The number of nitrogens with one attached hydrogen (secondary N) is 1. The summed E-state index contributed by atoms with van der Waals surface area (Å²) in [6, 6.07) is 12.6. The molecule has 0 aliphatic heterocycles. The van der Waals surface area contributed by atoms with E-state index >= 15 is 0 Å². The van der Waals surface area contributed by atoms with Gasteiger partial charge in [-0.2, -0.15) is 0 Å². The smallest absolute Gasteiger partial charge is 0.126 e. The van der Waals surface area contributed by atoms with Gasteiger partial charge in [0.2, 0.25) is 0 Å². The standard InChI is InChI=1S/C18H16FN3S/c19-13-9-7-12(8-10-13)18-22-17-14(4-3-5-15(17)23-18)21-16-6-1-2-11-20-16/h1-2,6-11,14H,3-5H2,(H,20,21). The first-order valence-corrected chi connectivity index (χ1v) is 8.54. The van der Waals surface area contributed by atoms with Crippen LogP contribution in [0.3, 0.4) is 0 Å². The van der Waals surface area contributed by atoms with Crippen LogP contribution in [0.4, 0.5) is 10.2 Å². The second-order valence-corrected chi connectivity index (χ2v) is 6.72. The summed E-state index contributed by atoms with van der Waals surface area (Å²) in [4.78, 5) is 10.5. The van der Waals surface area contributed by atoms with Gasteiger partial charge in [0.1, 0.15) is 16.6 Å². The second kappa shape index (κ2) is 6.08. The molecule has 4 rings (SSSR count). The first-order chi connectivity index (χ1) is 11.3. The van der Waals surface area contributed by atoms with Gasteiger partial charge in [0.15, 0.2) is 0 Å². The summed E-state index contributed by atoms with van der Waals surface area (Å²) in [5.41, 5.74) is 2.09. The molecular weight excluding hydrogens is 309 g/mol. The van der Waals surface area contributed by atoms with Crippen LogP contribution in [0.5, 0.6) is 0 Å². The predicted octanol–water partition coefficient (Wildman–Crippen LogP) is 4.83. The van der Waals surface area contributed by atoms with Crippen LogP contribution in [0.2, 0.25) is 0 Å². The van der Waals surface area contributed by atoms with Gasteiger partial charge < -0.3 is 5.32 Å². The highest BCUT2D eigenvalue weighted by Crippen LogP contribution is 2.38. The fourth-order valence-corrected chi connectivity index (χ4v) is 4.07. The highest BCUT2D eigenvalue weighted by atomic mass is 32.1. The average Bonchev–Trinajstić information content (AvgIpc) is 3.02. The van der Waals surface area contributed by atoms with Crippen LogP contribution in [0.1, 0.15) is 29.5 Å². The van der Waals surface area contributed by atoms with E-state index in [-0.39, 0.29) is 11.9 Å². The lowest BCUT2D eigenvalue weighted by Crippen LogP contribution is -2.17. The second-order valence-electron chi connectivity index (χ2n) is 5.64. The quantitative estimate of drug-likeness (QED) is 0.749. The number of aromatic nitrogens is 2. The van der Waals surface area contributed by atoms with Gasteiger partial charge in [0, 0.05) is 16.6 Å². The van der Waals surface area contributed by atoms with E-state index in [9.17, 15) is 4.39 Å². The number of benzene rings is 1. The molecule has 0 bridgehead atoms. The van der Waals surface area contributed by atoms with Crippen LogP contribution >= 0.6 is 11.3 Å². The molecule has 116 valence electrons. The molecule has 1 atom stereocenters. The molecule has 0 radical (unpaired) electrons. The number of nitrogens with zero attached hydrogens (tertiary/aromatic N) is 2. The minimum absolute atomic E-state index is 0.194. The molecule has 3 nitrogen and oxygen atoms in total. The lowest BCUT2D eigenvalue weighted by Gasteiger charge is -2.22. The summed E-state index contributed by atoms with van der Waals surface area (Å²) in [6.07, 6.45) is 5.05. The van der Waals surface area contributed by atoms with Gasteiger partial charge >= 0.3 is 0 Å². The molecule has 23 heavy (non-hydrogen) atoms. The van der Waals surface area contributed by atoms with Crippen LogP contribution in [-0.2, 0) is 6.42 Å². The molecule has 1 unspecified atom stereocenters. The highest BCUT2D eigenvalue weighted by Gasteiger charge is 2.25. The molecule has 0 spiro atoms. The summed E-state index contributed by atoms with van der Waals surface area (Å²) in [5, 5.41) is 4.45. The molecule has 0 saturated carbocycles. The third-order valence-electron chi connectivity index (χ3n) is 4.03. The van der Waals surface area contributed by atoms with Gasteiger partial charge in [-0.05, 0) is 55.7 Å². The molecule has 1 aliphatic carbocycles. The van der Waals surface area contributed by atoms with Crippen molar-refractivity contribution in [1.29, 1.82) is 0 Å². The summed E-state index contributed by atoms with van der Waals surface area (Å²) in [5.74, 6) is 0.659. The van der Waals surface area contributed by atoms with Gasteiger partial charge in [-0.3, -0.25) is 0 Å². The first kappa shape index (κ1) is 14.3. The monoisotopic (exact) mass is 325 g/mol. The topological polar surface area (TPSA) is 37.8 Å². The molecule has 3 aromatic rings. The lowest BCUT2D eigenvalue weighted by atomic mass is 9.97. The van der Waals surface area contributed by atoms with Crippen molar-refractivity contribution < 1.29 is 4.39 Å². The molecule has 2 aromatic heterocycles. The number of anilines is 1. The van der Waals surface area contributed by atoms with Gasteiger partial charge in [0.25, 0.3) is 0 Å². The number of rotatable bonds is 3. The molecule has 0 saturated heterocycles. The van der Waals surface area contributed by atoms with Crippen LogP contribution in [-0.4, -0.2) is 9.97 Å². The van der Waals surface area contributed by atoms with Crippen molar-refractivity contribution in [3.8, 4) is 10.6 Å². The fourth-order valence-electron chi connectivity index (χ4n) is 2.90. The largest absolute Gasteiger partial charge is 0.362 e. The fraction of sp³-hybridized carbons (Fsp3) is 0.222. The third-order valence-corrected chi connectivity index (χ3v) is 5.21. The first-order valence-electron chi connectivity index (χ1n) is 7.73. The Morgan fingerprint density at radius 2 is 2.00 bits per heavy atom. The molecule has 5 heteroatoms. The van der Waals surface area contributed by atoms with E-state index in [0.29, 0.717) is 0 Å². The highest BCUT2D eigenvalue weighted by molar-refractivity contribution is 7.15. The Hall–Kier alpha value is -2.27. The van der Waals surface area contributed by atoms with Gasteiger partial charge in [-0.15, -0.1) is 11.3 Å². The van der Waals surface area contributed by atoms with Crippen molar-refractivity contribution in [2.24, 2.45) is 0 Å². The Balaban J connectivity index is 1.64. The number of pyridine rings is 1. The minimum Gasteiger partial charge on any atom is -0.362 e. The number of halogens is 1. The van der Waals surface area contributed by atoms with Gasteiger partial charge in [0.05, 0.1) is 11.7 Å². The number of thiazole rings is 1. The third kappa shape index (κ3) is 2.97. The molecule has 1 aromatic carbocycles. The summed E-state index contributed by atoms with van der Waals surface area (Å²) in [7, 11) is 0. The maximum absolute atomic E-state index is 13.1. The molecule has 1 aliphatic rings. The van der Waals surface area contributed by atoms with E-state index in [0.717, 1.165) is 41.3 Å². The predicted molar refractivity (Wildman–Crippen MR) is 91.0 cm³/mol. The van der Waals surface area contributed by atoms with Crippen molar-refractivity contribution in [1.82, 2.24) is 9.97 Å². The number of hydrogen-bond donors (Lipinski definition) is 1. The SMILES string of the molecule is Fc1ccc(-c2nc3c(s2)CCCC3Nc2ccccn2)cc1. The van der Waals surface area contributed by atoms with E-state index in [4.69, 9.17) is 4.98 Å². The molecular formula is C18H16FN3S. The van der Waals surface area contributed by atoms with Crippen molar-refractivity contribution in [2.75, 3.05) is 5.32 Å². The van der Waals surface area contributed by atoms with Crippen molar-refractivity contribution >= 4 is 17.2 Å². The Labute approximate surface area is 138 Å².